The van der Waals surface area contributed by atoms with Crippen molar-refractivity contribution >= 4 is 34.7 Å². The van der Waals surface area contributed by atoms with Gasteiger partial charge in [0.2, 0.25) is 0 Å². The van der Waals surface area contributed by atoms with Crippen LogP contribution < -0.4 is 10.5 Å². The zero-order valence-corrected chi connectivity index (χ0v) is 11.6. The SMILES string of the molecule is COc1cccc(C(=O)c2ccc(Cl)c(Cl)c2)c1N. The van der Waals surface area contributed by atoms with E-state index in [1.54, 1.807) is 30.3 Å². The van der Waals surface area contributed by atoms with Gasteiger partial charge >= 0.3 is 0 Å². The van der Waals surface area contributed by atoms with E-state index in [-0.39, 0.29) is 5.78 Å². The summed E-state index contributed by atoms with van der Waals surface area (Å²) in [5.41, 5.74) is 7.00. The maximum Gasteiger partial charge on any atom is 0.195 e. The van der Waals surface area contributed by atoms with Crippen molar-refractivity contribution in [1.82, 2.24) is 0 Å². The molecule has 3 nitrogen and oxygen atoms in total. The summed E-state index contributed by atoms with van der Waals surface area (Å²) in [5.74, 6) is 0.237. The Bertz CT molecular complexity index is 641. The molecule has 0 bridgehead atoms. The minimum Gasteiger partial charge on any atom is -0.495 e. The molecule has 0 aromatic heterocycles. The van der Waals surface area contributed by atoms with E-state index in [1.165, 1.54) is 13.2 Å². The van der Waals surface area contributed by atoms with Crippen LogP contribution in [0.5, 0.6) is 5.75 Å². The highest BCUT2D eigenvalue weighted by Gasteiger charge is 2.15. The topological polar surface area (TPSA) is 52.3 Å². The minimum atomic E-state index is -0.227. The van der Waals surface area contributed by atoms with Gasteiger partial charge in [-0.3, -0.25) is 4.79 Å². The molecule has 0 fully saturated rings. The van der Waals surface area contributed by atoms with Crippen LogP contribution in [0.4, 0.5) is 5.69 Å². The molecule has 0 saturated carbocycles. The van der Waals surface area contributed by atoms with Crippen molar-refractivity contribution in [2.24, 2.45) is 0 Å². The second-order valence-corrected chi connectivity index (χ2v) is 4.69. The second-order valence-electron chi connectivity index (χ2n) is 3.88. The van der Waals surface area contributed by atoms with E-state index in [0.717, 1.165) is 0 Å². The number of nitrogens with two attached hydrogens (primary N) is 1. The van der Waals surface area contributed by atoms with Crippen molar-refractivity contribution in [1.29, 1.82) is 0 Å². The normalized spacial score (nSPS) is 10.3. The number of benzene rings is 2. The number of carbonyl (C=O) groups excluding carboxylic acids is 1. The van der Waals surface area contributed by atoms with E-state index in [2.05, 4.69) is 0 Å². The Morgan fingerprint density at radius 3 is 2.53 bits per heavy atom. The Morgan fingerprint density at radius 2 is 1.89 bits per heavy atom. The van der Waals surface area contributed by atoms with Crippen molar-refractivity contribution in [2.75, 3.05) is 12.8 Å². The Hall–Kier alpha value is -1.71. The van der Waals surface area contributed by atoms with E-state index in [9.17, 15) is 4.79 Å². The van der Waals surface area contributed by atoms with E-state index < -0.39 is 0 Å². The average molecular weight is 296 g/mol. The van der Waals surface area contributed by atoms with E-state index in [4.69, 9.17) is 33.7 Å². The Balaban J connectivity index is 2.47. The summed E-state index contributed by atoms with van der Waals surface area (Å²) in [6.45, 7) is 0. The van der Waals surface area contributed by atoms with Crippen LogP contribution in [0.15, 0.2) is 36.4 Å². The van der Waals surface area contributed by atoms with Gasteiger partial charge in [0.1, 0.15) is 5.75 Å². The van der Waals surface area contributed by atoms with Crippen molar-refractivity contribution in [2.45, 2.75) is 0 Å². The van der Waals surface area contributed by atoms with Crippen LogP contribution in [0.1, 0.15) is 15.9 Å². The zero-order chi connectivity index (χ0) is 14.0. The van der Waals surface area contributed by atoms with Crippen molar-refractivity contribution in [3.05, 3.63) is 57.6 Å². The highest BCUT2D eigenvalue weighted by Crippen LogP contribution is 2.29. The predicted molar refractivity (Wildman–Crippen MR) is 77.3 cm³/mol. The molecule has 2 aromatic rings. The number of hydrogen-bond donors (Lipinski definition) is 1. The Morgan fingerprint density at radius 1 is 1.16 bits per heavy atom. The van der Waals surface area contributed by atoms with Gasteiger partial charge in [-0.25, -0.2) is 0 Å². The van der Waals surface area contributed by atoms with Gasteiger partial charge in [-0.2, -0.15) is 0 Å². The molecule has 19 heavy (non-hydrogen) atoms. The molecule has 0 aliphatic heterocycles. The molecule has 2 rings (SSSR count). The molecule has 0 radical (unpaired) electrons. The van der Waals surface area contributed by atoms with Gasteiger partial charge in [0.25, 0.3) is 0 Å². The molecule has 0 amide bonds. The minimum absolute atomic E-state index is 0.227. The molecule has 2 aromatic carbocycles. The summed E-state index contributed by atoms with van der Waals surface area (Å²) in [7, 11) is 1.50. The van der Waals surface area contributed by atoms with Crippen LogP contribution in [-0.4, -0.2) is 12.9 Å². The fourth-order valence-corrected chi connectivity index (χ4v) is 2.01. The number of methoxy groups -OCH3 is 1. The average Bonchev–Trinajstić information content (AvgIpc) is 2.41. The molecule has 0 aliphatic carbocycles. The van der Waals surface area contributed by atoms with Crippen LogP contribution in [0, 0.1) is 0 Å². The van der Waals surface area contributed by atoms with E-state index >= 15 is 0 Å². The van der Waals surface area contributed by atoms with Gasteiger partial charge in [-0.15, -0.1) is 0 Å². The molecular formula is C14H11Cl2NO2. The first-order valence-electron chi connectivity index (χ1n) is 5.47. The monoisotopic (exact) mass is 295 g/mol. The van der Waals surface area contributed by atoms with Gasteiger partial charge in [-0.05, 0) is 30.3 Å². The number of halogens is 2. The lowest BCUT2D eigenvalue weighted by Crippen LogP contribution is -2.06. The molecule has 5 heteroatoms. The summed E-state index contributed by atoms with van der Waals surface area (Å²) in [6, 6.07) is 9.75. The lowest BCUT2D eigenvalue weighted by molar-refractivity contribution is 0.103. The fraction of sp³-hybridized carbons (Fsp3) is 0.0714. The number of carbonyl (C=O) groups is 1. The highest BCUT2D eigenvalue weighted by atomic mass is 35.5. The number of ether oxygens (including phenoxy) is 1. The van der Waals surface area contributed by atoms with Crippen LogP contribution in [-0.2, 0) is 0 Å². The lowest BCUT2D eigenvalue weighted by Gasteiger charge is -2.09. The molecular weight excluding hydrogens is 285 g/mol. The molecule has 98 valence electrons. The second kappa shape index (κ2) is 5.51. The summed E-state index contributed by atoms with van der Waals surface area (Å²) >= 11 is 11.7. The molecule has 0 spiro atoms. The van der Waals surface area contributed by atoms with Gasteiger partial charge in [0, 0.05) is 11.1 Å². The van der Waals surface area contributed by atoms with Crippen molar-refractivity contribution in [3.8, 4) is 5.75 Å². The first-order chi connectivity index (χ1) is 9.04. The summed E-state index contributed by atoms with van der Waals surface area (Å²) in [6.07, 6.45) is 0. The third-order valence-electron chi connectivity index (χ3n) is 2.71. The summed E-state index contributed by atoms with van der Waals surface area (Å²) in [4.78, 5) is 12.4. The van der Waals surface area contributed by atoms with Gasteiger partial charge in [-0.1, -0.05) is 29.3 Å². The Kier molecular flexibility index (Phi) is 3.98. The van der Waals surface area contributed by atoms with Crippen LogP contribution in [0.3, 0.4) is 0 Å². The van der Waals surface area contributed by atoms with Crippen LogP contribution in [0.2, 0.25) is 10.0 Å². The quantitative estimate of drug-likeness (QED) is 0.692. The molecule has 0 atom stereocenters. The van der Waals surface area contributed by atoms with Crippen LogP contribution >= 0.6 is 23.2 Å². The largest absolute Gasteiger partial charge is 0.495 e. The smallest absolute Gasteiger partial charge is 0.195 e. The predicted octanol–water partition coefficient (Wildman–Crippen LogP) is 3.82. The number of rotatable bonds is 3. The molecule has 0 unspecified atom stereocenters. The third kappa shape index (κ3) is 2.67. The maximum atomic E-state index is 12.4. The fourth-order valence-electron chi connectivity index (χ4n) is 1.71. The van der Waals surface area contributed by atoms with Gasteiger partial charge < -0.3 is 10.5 Å². The lowest BCUT2D eigenvalue weighted by atomic mass is 10.0. The van der Waals surface area contributed by atoms with E-state index in [0.29, 0.717) is 32.6 Å². The summed E-state index contributed by atoms with van der Waals surface area (Å²) < 4.78 is 5.09. The van der Waals surface area contributed by atoms with Crippen LogP contribution in [0.25, 0.3) is 0 Å². The number of nitrogen functional groups attached to an aromatic ring is 1. The van der Waals surface area contributed by atoms with Gasteiger partial charge in [0.15, 0.2) is 5.78 Å². The number of anilines is 1. The maximum absolute atomic E-state index is 12.4. The van der Waals surface area contributed by atoms with Crippen molar-refractivity contribution < 1.29 is 9.53 Å². The third-order valence-corrected chi connectivity index (χ3v) is 3.45. The highest BCUT2D eigenvalue weighted by molar-refractivity contribution is 6.42. The number of para-hydroxylation sites is 1. The molecule has 0 heterocycles. The molecule has 2 N–H and O–H groups in total. The van der Waals surface area contributed by atoms with Gasteiger partial charge in [0.05, 0.1) is 22.8 Å². The molecule has 0 saturated heterocycles. The Labute approximate surface area is 120 Å². The standard InChI is InChI=1S/C14H11Cl2NO2/c1-19-12-4-2-3-9(13(12)17)14(18)8-5-6-10(15)11(16)7-8/h2-7H,17H2,1H3. The first-order valence-corrected chi connectivity index (χ1v) is 6.22. The molecule has 0 aliphatic rings. The first kappa shape index (κ1) is 13.7. The zero-order valence-electron chi connectivity index (χ0n) is 10.1. The van der Waals surface area contributed by atoms with E-state index in [1.807, 2.05) is 0 Å². The van der Waals surface area contributed by atoms with Crippen molar-refractivity contribution in [3.63, 3.8) is 0 Å². The summed E-state index contributed by atoms with van der Waals surface area (Å²) in [5, 5.41) is 0.728. The number of ketones is 1. The number of hydrogen-bond acceptors (Lipinski definition) is 3.